The average Bonchev–Trinajstić information content (AvgIpc) is 2.65. The van der Waals surface area contributed by atoms with Crippen molar-refractivity contribution in [3.05, 3.63) is 12.2 Å². The molecular formula is C16H25NO2. The van der Waals surface area contributed by atoms with E-state index in [1.54, 1.807) is 0 Å². The summed E-state index contributed by atoms with van der Waals surface area (Å²) in [7, 11) is 0. The number of imide groups is 1. The van der Waals surface area contributed by atoms with E-state index in [0.717, 1.165) is 12.8 Å². The topological polar surface area (TPSA) is 37.4 Å². The van der Waals surface area contributed by atoms with Crippen LogP contribution in [0.5, 0.6) is 0 Å². The van der Waals surface area contributed by atoms with Crippen molar-refractivity contribution in [2.45, 2.75) is 65.3 Å². The summed E-state index contributed by atoms with van der Waals surface area (Å²) in [6.07, 6.45) is 6.67. The first-order chi connectivity index (χ1) is 8.82. The first kappa shape index (κ1) is 14.3. The third-order valence-corrected chi connectivity index (χ3v) is 4.36. The molecule has 3 heteroatoms. The van der Waals surface area contributed by atoms with Crippen molar-refractivity contribution in [3.63, 3.8) is 0 Å². The molecule has 1 unspecified atom stereocenters. The fourth-order valence-corrected chi connectivity index (χ4v) is 3.25. The normalized spacial score (nSPS) is 26.1. The molecule has 1 aliphatic heterocycles. The quantitative estimate of drug-likeness (QED) is 0.681. The maximum absolute atomic E-state index is 12.5. The van der Waals surface area contributed by atoms with Crippen molar-refractivity contribution in [1.29, 1.82) is 0 Å². The molecule has 2 aliphatic rings. The van der Waals surface area contributed by atoms with E-state index in [1.165, 1.54) is 24.2 Å². The Morgan fingerprint density at radius 3 is 2.32 bits per heavy atom. The number of hydrogen-bond acceptors (Lipinski definition) is 2. The van der Waals surface area contributed by atoms with E-state index in [1.807, 2.05) is 20.8 Å². The van der Waals surface area contributed by atoms with E-state index >= 15 is 0 Å². The van der Waals surface area contributed by atoms with Crippen LogP contribution in [0.1, 0.15) is 59.3 Å². The van der Waals surface area contributed by atoms with Gasteiger partial charge in [0.25, 0.3) is 5.91 Å². The number of hydrogen-bond donors (Lipinski definition) is 0. The zero-order valence-corrected chi connectivity index (χ0v) is 12.4. The minimum absolute atomic E-state index is 0.0493. The van der Waals surface area contributed by atoms with Crippen molar-refractivity contribution in [3.8, 4) is 0 Å². The van der Waals surface area contributed by atoms with Gasteiger partial charge in [-0.1, -0.05) is 46.6 Å². The summed E-state index contributed by atoms with van der Waals surface area (Å²) in [5.74, 6) is 0.283. The van der Waals surface area contributed by atoms with Gasteiger partial charge in [-0.25, -0.2) is 0 Å². The monoisotopic (exact) mass is 263 g/mol. The summed E-state index contributed by atoms with van der Waals surface area (Å²) in [6, 6.07) is 0.0621. The molecule has 3 nitrogen and oxygen atoms in total. The molecule has 106 valence electrons. The molecule has 0 N–H and O–H groups in total. The van der Waals surface area contributed by atoms with Gasteiger partial charge >= 0.3 is 0 Å². The smallest absolute Gasteiger partial charge is 0.256 e. The van der Waals surface area contributed by atoms with E-state index in [0.29, 0.717) is 17.9 Å². The molecule has 19 heavy (non-hydrogen) atoms. The van der Waals surface area contributed by atoms with Gasteiger partial charge in [0.1, 0.15) is 0 Å². The molecule has 0 bridgehead atoms. The second kappa shape index (κ2) is 5.10. The van der Waals surface area contributed by atoms with Crippen molar-refractivity contribution in [2.75, 3.05) is 0 Å². The van der Waals surface area contributed by atoms with Crippen molar-refractivity contribution in [1.82, 2.24) is 4.90 Å². The highest BCUT2D eigenvalue weighted by Crippen LogP contribution is 2.38. The largest absolute Gasteiger partial charge is 0.275 e. The van der Waals surface area contributed by atoms with Crippen molar-refractivity contribution < 1.29 is 9.59 Å². The number of nitrogens with zero attached hydrogens (tertiary/aromatic N) is 1. The first-order valence-corrected chi connectivity index (χ1v) is 7.38. The Labute approximate surface area is 116 Å². The van der Waals surface area contributed by atoms with Crippen LogP contribution < -0.4 is 0 Å². The van der Waals surface area contributed by atoms with Gasteiger partial charge in [-0.3, -0.25) is 14.5 Å². The molecule has 1 aliphatic carbocycles. The minimum atomic E-state index is -0.507. The lowest BCUT2D eigenvalue weighted by Gasteiger charge is -2.35. The van der Waals surface area contributed by atoms with E-state index < -0.39 is 5.41 Å². The van der Waals surface area contributed by atoms with Crippen LogP contribution in [0.25, 0.3) is 0 Å². The van der Waals surface area contributed by atoms with Gasteiger partial charge in [0.15, 0.2) is 0 Å². The van der Waals surface area contributed by atoms with Crippen molar-refractivity contribution in [2.24, 2.45) is 11.3 Å². The maximum Gasteiger partial charge on any atom is 0.256 e. The molecule has 0 radical (unpaired) electrons. The molecule has 1 saturated carbocycles. The van der Waals surface area contributed by atoms with E-state index in [-0.39, 0.29) is 17.9 Å². The molecule has 1 atom stereocenters. The summed E-state index contributed by atoms with van der Waals surface area (Å²) in [5.41, 5.74) is 0.0980. The second-order valence-corrected chi connectivity index (χ2v) is 7.00. The molecule has 0 aromatic carbocycles. The molecule has 0 aromatic rings. The van der Waals surface area contributed by atoms with Crippen LogP contribution >= 0.6 is 0 Å². The van der Waals surface area contributed by atoms with Gasteiger partial charge < -0.3 is 0 Å². The number of carbonyl (C=O) groups excluding carboxylic acids is 2. The lowest BCUT2D eigenvalue weighted by atomic mass is 9.82. The standard InChI is InChI=1S/C16H25NO2/c1-11-10-13(12-8-6-5-7-9-12)17(14(11)18)15(19)16(2,3)4/h12-13H,1,5-10H2,2-4H3. The van der Waals surface area contributed by atoms with Crippen LogP contribution in [0.2, 0.25) is 0 Å². The lowest BCUT2D eigenvalue weighted by molar-refractivity contribution is -0.150. The highest BCUT2D eigenvalue weighted by atomic mass is 16.2. The van der Waals surface area contributed by atoms with Gasteiger partial charge in [0.2, 0.25) is 5.91 Å². The van der Waals surface area contributed by atoms with Crippen molar-refractivity contribution >= 4 is 11.8 Å². The van der Waals surface area contributed by atoms with E-state index in [4.69, 9.17) is 0 Å². The predicted molar refractivity (Wildman–Crippen MR) is 75.4 cm³/mol. The number of amides is 2. The Morgan fingerprint density at radius 2 is 1.79 bits per heavy atom. The maximum atomic E-state index is 12.5. The van der Waals surface area contributed by atoms with Crippen LogP contribution in [0.3, 0.4) is 0 Å². The highest BCUT2D eigenvalue weighted by Gasteiger charge is 2.45. The number of likely N-dealkylation sites (tertiary alicyclic amines) is 1. The van der Waals surface area contributed by atoms with Crippen LogP contribution in [0, 0.1) is 11.3 Å². The molecule has 2 rings (SSSR count). The Bertz CT molecular complexity index is 399. The van der Waals surface area contributed by atoms with Gasteiger partial charge in [-0.05, 0) is 25.2 Å². The summed E-state index contributed by atoms with van der Waals surface area (Å²) in [5, 5.41) is 0. The number of rotatable bonds is 1. The SMILES string of the molecule is C=C1CC(C2CCCCC2)N(C(=O)C(C)(C)C)C1=O. The average molecular weight is 263 g/mol. The molecule has 2 amide bonds. The lowest BCUT2D eigenvalue weighted by Crippen LogP contribution is -2.47. The molecule has 0 spiro atoms. The first-order valence-electron chi connectivity index (χ1n) is 7.38. The molecular weight excluding hydrogens is 238 g/mol. The molecule has 2 fully saturated rings. The zero-order chi connectivity index (χ0) is 14.2. The van der Waals surface area contributed by atoms with Crippen LogP contribution in [0.15, 0.2) is 12.2 Å². The zero-order valence-electron chi connectivity index (χ0n) is 12.4. The molecule has 0 aromatic heterocycles. The third-order valence-electron chi connectivity index (χ3n) is 4.36. The Morgan fingerprint density at radius 1 is 1.21 bits per heavy atom. The summed E-state index contributed by atoms with van der Waals surface area (Å²) < 4.78 is 0. The summed E-state index contributed by atoms with van der Waals surface area (Å²) in [6.45, 7) is 9.48. The van der Waals surface area contributed by atoms with Gasteiger partial charge in [0.05, 0.1) is 0 Å². The fourth-order valence-electron chi connectivity index (χ4n) is 3.25. The van der Waals surface area contributed by atoms with E-state index in [9.17, 15) is 9.59 Å². The fraction of sp³-hybridized carbons (Fsp3) is 0.750. The third kappa shape index (κ3) is 2.75. The predicted octanol–water partition coefficient (Wildman–Crippen LogP) is 3.30. The van der Waals surface area contributed by atoms with Crippen LogP contribution in [-0.2, 0) is 9.59 Å². The van der Waals surface area contributed by atoms with E-state index in [2.05, 4.69) is 6.58 Å². The molecule has 1 heterocycles. The Balaban J connectivity index is 2.23. The van der Waals surface area contributed by atoms with Gasteiger partial charge in [-0.15, -0.1) is 0 Å². The Kier molecular flexibility index (Phi) is 3.84. The summed E-state index contributed by atoms with van der Waals surface area (Å²) in [4.78, 5) is 26.3. The Hall–Kier alpha value is -1.12. The van der Waals surface area contributed by atoms with Gasteiger partial charge in [0, 0.05) is 17.0 Å². The van der Waals surface area contributed by atoms with Gasteiger partial charge in [-0.2, -0.15) is 0 Å². The number of carbonyl (C=O) groups is 2. The second-order valence-electron chi connectivity index (χ2n) is 7.00. The molecule has 1 saturated heterocycles. The highest BCUT2D eigenvalue weighted by molar-refractivity contribution is 6.07. The summed E-state index contributed by atoms with van der Waals surface area (Å²) >= 11 is 0. The van der Waals surface area contributed by atoms with Crippen LogP contribution in [-0.4, -0.2) is 22.8 Å². The van der Waals surface area contributed by atoms with Crippen LogP contribution in [0.4, 0.5) is 0 Å². The minimum Gasteiger partial charge on any atom is -0.275 e.